The van der Waals surface area contributed by atoms with Gasteiger partial charge >= 0.3 is 0 Å². The lowest BCUT2D eigenvalue weighted by atomic mass is 10.1. The zero-order valence-electron chi connectivity index (χ0n) is 12.9. The van der Waals surface area contributed by atoms with Crippen molar-refractivity contribution >= 4 is 23.4 Å². The van der Waals surface area contributed by atoms with Crippen molar-refractivity contribution in [2.24, 2.45) is 7.05 Å². The molecule has 1 saturated heterocycles. The van der Waals surface area contributed by atoms with E-state index in [1.54, 1.807) is 23.9 Å². The largest absolute Gasteiger partial charge is 0.353 e. The maximum atomic E-state index is 11.9. The minimum absolute atomic E-state index is 0.0262. The lowest BCUT2D eigenvalue weighted by Gasteiger charge is -2.26. The van der Waals surface area contributed by atoms with Gasteiger partial charge in [0.1, 0.15) is 5.69 Å². The minimum atomic E-state index is -0.305. The lowest BCUT2D eigenvalue weighted by Crippen LogP contribution is -2.41. The quantitative estimate of drug-likeness (QED) is 0.820. The molecule has 2 N–H and O–H groups in total. The molecular weight excluding hydrogens is 304 g/mol. The molecule has 22 heavy (non-hydrogen) atoms. The molecule has 0 bridgehead atoms. The van der Waals surface area contributed by atoms with Crippen LogP contribution in [0.3, 0.4) is 0 Å². The van der Waals surface area contributed by atoms with Gasteiger partial charge in [-0.05, 0) is 32.0 Å². The topological polar surface area (TPSA) is 66.4 Å². The van der Waals surface area contributed by atoms with E-state index in [1.165, 1.54) is 19.3 Å². The van der Waals surface area contributed by atoms with Crippen LogP contribution < -0.4 is 10.6 Å². The number of aromatic nitrogens is 1. The van der Waals surface area contributed by atoms with Gasteiger partial charge in [-0.1, -0.05) is 18.0 Å². The van der Waals surface area contributed by atoms with Gasteiger partial charge in [0.15, 0.2) is 0 Å². The van der Waals surface area contributed by atoms with Crippen LogP contribution in [0.15, 0.2) is 12.3 Å². The molecule has 0 saturated carbocycles. The average Bonchev–Trinajstić information content (AvgIpc) is 2.84. The highest BCUT2D eigenvalue weighted by Gasteiger charge is 2.13. The van der Waals surface area contributed by atoms with Crippen molar-refractivity contribution in [3.05, 3.63) is 23.0 Å². The second kappa shape index (κ2) is 8.19. The first-order valence-corrected chi connectivity index (χ1v) is 8.03. The van der Waals surface area contributed by atoms with Crippen LogP contribution in [-0.4, -0.2) is 54.0 Å². The number of aryl methyl sites for hydroxylation is 1. The molecule has 0 unspecified atom stereocenters. The van der Waals surface area contributed by atoms with Crippen LogP contribution in [0.4, 0.5) is 0 Å². The van der Waals surface area contributed by atoms with Crippen LogP contribution in [0.25, 0.3) is 0 Å². The van der Waals surface area contributed by atoms with Gasteiger partial charge in [0.25, 0.3) is 5.91 Å². The van der Waals surface area contributed by atoms with Gasteiger partial charge in [0, 0.05) is 26.3 Å². The summed E-state index contributed by atoms with van der Waals surface area (Å²) < 4.78 is 1.63. The highest BCUT2D eigenvalue weighted by molar-refractivity contribution is 6.31. The first kappa shape index (κ1) is 16.8. The summed E-state index contributed by atoms with van der Waals surface area (Å²) in [4.78, 5) is 26.0. The van der Waals surface area contributed by atoms with Crippen LogP contribution >= 0.6 is 11.6 Å². The Morgan fingerprint density at radius 1 is 1.23 bits per heavy atom. The Morgan fingerprint density at radius 2 is 1.95 bits per heavy atom. The molecule has 6 nitrogen and oxygen atoms in total. The Kier molecular flexibility index (Phi) is 6.27. The smallest absolute Gasteiger partial charge is 0.268 e. The van der Waals surface area contributed by atoms with Crippen LogP contribution in [0, 0.1) is 0 Å². The average molecular weight is 327 g/mol. The van der Waals surface area contributed by atoms with Crippen LogP contribution in [0.5, 0.6) is 0 Å². The summed E-state index contributed by atoms with van der Waals surface area (Å²) in [5, 5.41) is 5.92. The molecular formula is C15H23ClN4O2. The summed E-state index contributed by atoms with van der Waals surface area (Å²) in [6.07, 6.45) is 5.43. The maximum absolute atomic E-state index is 11.9. The molecule has 1 aromatic heterocycles. The van der Waals surface area contributed by atoms with E-state index in [0.29, 0.717) is 17.3 Å². The summed E-state index contributed by atoms with van der Waals surface area (Å²) in [6, 6.07) is 1.57. The third-order valence-corrected chi connectivity index (χ3v) is 4.02. The van der Waals surface area contributed by atoms with E-state index in [2.05, 4.69) is 15.5 Å². The van der Waals surface area contributed by atoms with Crippen molar-refractivity contribution in [1.29, 1.82) is 0 Å². The molecule has 7 heteroatoms. The van der Waals surface area contributed by atoms with Crippen molar-refractivity contribution in [2.45, 2.75) is 19.3 Å². The number of hydrogen-bond acceptors (Lipinski definition) is 3. The van der Waals surface area contributed by atoms with Crippen molar-refractivity contribution in [3.63, 3.8) is 0 Å². The second-order valence-corrected chi connectivity index (χ2v) is 6.03. The van der Waals surface area contributed by atoms with Gasteiger partial charge in [-0.15, -0.1) is 0 Å². The fourth-order valence-electron chi connectivity index (χ4n) is 2.60. The number of hydrogen-bond donors (Lipinski definition) is 2. The normalized spacial score (nSPS) is 15.5. The van der Waals surface area contributed by atoms with Crippen molar-refractivity contribution in [2.75, 3.05) is 32.7 Å². The minimum Gasteiger partial charge on any atom is -0.353 e. The third-order valence-electron chi connectivity index (χ3n) is 3.81. The zero-order chi connectivity index (χ0) is 15.9. The van der Waals surface area contributed by atoms with E-state index < -0.39 is 0 Å². The molecule has 0 aromatic carbocycles. The van der Waals surface area contributed by atoms with Crippen molar-refractivity contribution in [1.82, 2.24) is 20.1 Å². The van der Waals surface area contributed by atoms with Gasteiger partial charge in [-0.3, -0.25) is 9.59 Å². The number of amides is 2. The monoisotopic (exact) mass is 326 g/mol. The Morgan fingerprint density at radius 3 is 2.59 bits per heavy atom. The summed E-state index contributed by atoms with van der Waals surface area (Å²) in [5.41, 5.74) is 0.436. The standard InChI is InChI=1S/C15H23ClN4O2/c1-19-11-12(16)9-13(19)15(22)18-10-14(21)17-5-8-20-6-3-2-4-7-20/h9,11H,2-8,10H2,1H3,(H,17,21)(H,18,22). The Hall–Kier alpha value is -1.53. The predicted molar refractivity (Wildman–Crippen MR) is 86.1 cm³/mol. The molecule has 2 amide bonds. The van der Waals surface area contributed by atoms with E-state index in [1.807, 2.05) is 0 Å². The number of likely N-dealkylation sites (tertiary alicyclic amines) is 1. The second-order valence-electron chi connectivity index (χ2n) is 5.59. The SMILES string of the molecule is Cn1cc(Cl)cc1C(=O)NCC(=O)NCCN1CCCCC1. The summed E-state index contributed by atoms with van der Waals surface area (Å²) >= 11 is 5.83. The van der Waals surface area contributed by atoms with E-state index in [4.69, 9.17) is 11.6 Å². The van der Waals surface area contributed by atoms with Gasteiger partial charge in [-0.2, -0.15) is 0 Å². The molecule has 2 rings (SSSR count). The summed E-state index contributed by atoms with van der Waals surface area (Å²) in [5.74, 6) is -0.480. The Labute approximate surface area is 135 Å². The summed E-state index contributed by atoms with van der Waals surface area (Å²) in [6.45, 7) is 3.68. The molecule has 0 spiro atoms. The van der Waals surface area contributed by atoms with Crippen LogP contribution in [0.1, 0.15) is 29.8 Å². The van der Waals surface area contributed by atoms with Crippen molar-refractivity contribution in [3.8, 4) is 0 Å². The van der Waals surface area contributed by atoms with Crippen LogP contribution in [0.2, 0.25) is 5.02 Å². The molecule has 0 radical (unpaired) electrons. The highest BCUT2D eigenvalue weighted by atomic mass is 35.5. The number of nitrogens with one attached hydrogen (secondary N) is 2. The fraction of sp³-hybridized carbons (Fsp3) is 0.600. The summed E-state index contributed by atoms with van der Waals surface area (Å²) in [7, 11) is 1.74. The maximum Gasteiger partial charge on any atom is 0.268 e. The zero-order valence-corrected chi connectivity index (χ0v) is 13.7. The molecule has 1 fully saturated rings. The lowest BCUT2D eigenvalue weighted by molar-refractivity contribution is -0.120. The number of halogens is 1. The molecule has 2 heterocycles. The predicted octanol–water partition coefficient (Wildman–Crippen LogP) is 1.01. The number of rotatable bonds is 6. The van der Waals surface area contributed by atoms with E-state index in [0.717, 1.165) is 19.6 Å². The van der Waals surface area contributed by atoms with Crippen molar-refractivity contribution < 1.29 is 9.59 Å². The van der Waals surface area contributed by atoms with Gasteiger partial charge < -0.3 is 20.1 Å². The fourth-order valence-corrected chi connectivity index (χ4v) is 2.85. The van der Waals surface area contributed by atoms with Gasteiger partial charge in [-0.25, -0.2) is 0 Å². The number of piperidine rings is 1. The Balaban J connectivity index is 1.64. The van der Waals surface area contributed by atoms with Gasteiger partial charge in [0.05, 0.1) is 11.6 Å². The highest BCUT2D eigenvalue weighted by Crippen LogP contribution is 2.12. The van der Waals surface area contributed by atoms with E-state index >= 15 is 0 Å². The van der Waals surface area contributed by atoms with E-state index in [9.17, 15) is 9.59 Å². The first-order valence-electron chi connectivity index (χ1n) is 7.65. The Bertz CT molecular complexity index is 524. The number of carbonyl (C=O) groups is 2. The molecule has 0 aliphatic carbocycles. The molecule has 1 aromatic rings. The van der Waals surface area contributed by atoms with Crippen LogP contribution in [-0.2, 0) is 11.8 Å². The number of carbonyl (C=O) groups excluding carboxylic acids is 2. The van der Waals surface area contributed by atoms with E-state index in [-0.39, 0.29) is 18.4 Å². The molecule has 1 aliphatic heterocycles. The molecule has 0 atom stereocenters. The molecule has 1 aliphatic rings. The number of nitrogens with zero attached hydrogens (tertiary/aromatic N) is 2. The van der Waals surface area contributed by atoms with Gasteiger partial charge in [0.2, 0.25) is 5.91 Å². The molecule has 122 valence electrons. The first-order chi connectivity index (χ1) is 10.6. The third kappa shape index (κ3) is 5.03.